The SMILES string of the molecule is CC(Nc1cccc(Cl)c1)c1cccc(C(F)(F)F)c1. The molecule has 0 spiro atoms. The van der Waals surface area contributed by atoms with E-state index in [4.69, 9.17) is 11.6 Å². The molecule has 0 fully saturated rings. The van der Waals surface area contributed by atoms with Crippen LogP contribution in [-0.4, -0.2) is 0 Å². The first-order chi connectivity index (χ1) is 9.36. The summed E-state index contributed by atoms with van der Waals surface area (Å²) in [5.74, 6) is 0. The first-order valence-corrected chi connectivity index (χ1v) is 6.43. The van der Waals surface area contributed by atoms with Crippen LogP contribution in [-0.2, 0) is 6.18 Å². The molecule has 0 heterocycles. The molecule has 1 atom stereocenters. The molecule has 5 heteroatoms. The minimum absolute atomic E-state index is 0.254. The number of benzene rings is 2. The molecule has 2 aromatic rings. The second-order valence-electron chi connectivity index (χ2n) is 4.50. The first-order valence-electron chi connectivity index (χ1n) is 6.05. The molecule has 106 valence electrons. The van der Waals surface area contributed by atoms with Gasteiger partial charge in [-0.2, -0.15) is 13.2 Å². The van der Waals surface area contributed by atoms with Crippen LogP contribution in [0.25, 0.3) is 0 Å². The highest BCUT2D eigenvalue weighted by Crippen LogP contribution is 2.31. The van der Waals surface area contributed by atoms with E-state index in [9.17, 15) is 13.2 Å². The third-order valence-corrected chi connectivity index (χ3v) is 3.16. The smallest absolute Gasteiger partial charge is 0.378 e. The van der Waals surface area contributed by atoms with Crippen molar-refractivity contribution in [3.8, 4) is 0 Å². The van der Waals surface area contributed by atoms with Gasteiger partial charge in [0.15, 0.2) is 0 Å². The second kappa shape index (κ2) is 5.75. The van der Waals surface area contributed by atoms with Crippen molar-refractivity contribution in [3.63, 3.8) is 0 Å². The van der Waals surface area contributed by atoms with Crippen LogP contribution >= 0.6 is 11.6 Å². The van der Waals surface area contributed by atoms with Gasteiger partial charge in [-0.3, -0.25) is 0 Å². The van der Waals surface area contributed by atoms with E-state index in [1.807, 2.05) is 6.07 Å². The zero-order chi connectivity index (χ0) is 14.8. The molecular formula is C15H13ClF3N. The molecule has 0 aliphatic rings. The van der Waals surface area contributed by atoms with E-state index in [0.717, 1.165) is 17.8 Å². The monoisotopic (exact) mass is 299 g/mol. The summed E-state index contributed by atoms with van der Waals surface area (Å²) in [5.41, 5.74) is 0.692. The van der Waals surface area contributed by atoms with E-state index in [1.54, 1.807) is 31.2 Å². The van der Waals surface area contributed by atoms with Gasteiger partial charge in [0.25, 0.3) is 0 Å². The van der Waals surface area contributed by atoms with E-state index in [-0.39, 0.29) is 6.04 Å². The summed E-state index contributed by atoms with van der Waals surface area (Å²) >= 11 is 5.87. The van der Waals surface area contributed by atoms with E-state index in [2.05, 4.69) is 5.32 Å². The molecule has 0 amide bonds. The minimum Gasteiger partial charge on any atom is -0.378 e. The van der Waals surface area contributed by atoms with Crippen molar-refractivity contribution in [2.75, 3.05) is 5.32 Å². The number of hydrogen-bond acceptors (Lipinski definition) is 1. The number of hydrogen-bond donors (Lipinski definition) is 1. The summed E-state index contributed by atoms with van der Waals surface area (Å²) < 4.78 is 38.0. The highest BCUT2D eigenvalue weighted by molar-refractivity contribution is 6.30. The lowest BCUT2D eigenvalue weighted by Crippen LogP contribution is -2.10. The molecule has 0 saturated carbocycles. The van der Waals surface area contributed by atoms with Gasteiger partial charge in [0.1, 0.15) is 0 Å². The lowest BCUT2D eigenvalue weighted by molar-refractivity contribution is -0.137. The molecule has 20 heavy (non-hydrogen) atoms. The summed E-state index contributed by atoms with van der Waals surface area (Å²) in [5, 5.41) is 3.70. The molecular weight excluding hydrogens is 287 g/mol. The molecule has 1 nitrogen and oxygen atoms in total. The van der Waals surface area contributed by atoms with Gasteiger partial charge in [0.2, 0.25) is 0 Å². The van der Waals surface area contributed by atoms with E-state index in [1.165, 1.54) is 6.07 Å². The topological polar surface area (TPSA) is 12.0 Å². The van der Waals surface area contributed by atoms with Crippen LogP contribution < -0.4 is 5.32 Å². The molecule has 0 saturated heterocycles. The Balaban J connectivity index is 2.19. The maximum Gasteiger partial charge on any atom is 0.416 e. The van der Waals surface area contributed by atoms with Gasteiger partial charge in [0, 0.05) is 16.8 Å². The molecule has 0 aliphatic heterocycles. The van der Waals surface area contributed by atoms with Crippen LogP contribution in [0.15, 0.2) is 48.5 Å². The number of anilines is 1. The largest absolute Gasteiger partial charge is 0.416 e. The Morgan fingerprint density at radius 3 is 2.40 bits per heavy atom. The van der Waals surface area contributed by atoms with E-state index in [0.29, 0.717) is 10.6 Å². The van der Waals surface area contributed by atoms with Gasteiger partial charge in [-0.25, -0.2) is 0 Å². The Morgan fingerprint density at radius 1 is 1.05 bits per heavy atom. The average Bonchev–Trinajstić information content (AvgIpc) is 2.38. The highest BCUT2D eigenvalue weighted by atomic mass is 35.5. The van der Waals surface area contributed by atoms with Crippen LogP contribution in [0.2, 0.25) is 5.02 Å². The number of nitrogens with one attached hydrogen (secondary N) is 1. The predicted octanol–water partition coefficient (Wildman–Crippen LogP) is 5.53. The molecule has 2 rings (SSSR count). The van der Waals surface area contributed by atoms with Gasteiger partial charge in [-0.1, -0.05) is 29.8 Å². The van der Waals surface area contributed by atoms with Crippen LogP contribution in [0.3, 0.4) is 0 Å². The van der Waals surface area contributed by atoms with Gasteiger partial charge in [-0.05, 0) is 42.8 Å². The fourth-order valence-corrected chi connectivity index (χ4v) is 2.09. The van der Waals surface area contributed by atoms with Crippen LogP contribution in [0, 0.1) is 0 Å². The van der Waals surface area contributed by atoms with Crippen molar-refractivity contribution in [1.29, 1.82) is 0 Å². The van der Waals surface area contributed by atoms with Crippen molar-refractivity contribution in [3.05, 3.63) is 64.7 Å². The van der Waals surface area contributed by atoms with Gasteiger partial charge in [-0.15, -0.1) is 0 Å². The van der Waals surface area contributed by atoms with Crippen LogP contribution in [0.5, 0.6) is 0 Å². The lowest BCUT2D eigenvalue weighted by atomic mass is 10.0. The lowest BCUT2D eigenvalue weighted by Gasteiger charge is -2.17. The van der Waals surface area contributed by atoms with Crippen molar-refractivity contribution in [2.45, 2.75) is 19.1 Å². The average molecular weight is 300 g/mol. The molecule has 2 aromatic carbocycles. The first kappa shape index (κ1) is 14.7. The minimum atomic E-state index is -4.33. The zero-order valence-electron chi connectivity index (χ0n) is 10.7. The quantitative estimate of drug-likeness (QED) is 0.785. The fraction of sp³-hybridized carbons (Fsp3) is 0.200. The van der Waals surface area contributed by atoms with E-state index < -0.39 is 11.7 Å². The van der Waals surface area contributed by atoms with Crippen molar-refractivity contribution in [2.24, 2.45) is 0 Å². The molecule has 0 bridgehead atoms. The number of alkyl halides is 3. The Labute approximate surface area is 120 Å². The van der Waals surface area contributed by atoms with Gasteiger partial charge >= 0.3 is 6.18 Å². The maximum absolute atomic E-state index is 12.7. The third-order valence-electron chi connectivity index (χ3n) is 2.92. The Kier molecular flexibility index (Phi) is 4.23. The van der Waals surface area contributed by atoms with Gasteiger partial charge in [0.05, 0.1) is 5.56 Å². The molecule has 0 aromatic heterocycles. The van der Waals surface area contributed by atoms with Crippen LogP contribution in [0.1, 0.15) is 24.1 Å². The summed E-state index contributed by atoms with van der Waals surface area (Å²) in [4.78, 5) is 0. The normalized spacial score (nSPS) is 13.1. The Hall–Kier alpha value is -1.68. The number of halogens is 4. The van der Waals surface area contributed by atoms with E-state index >= 15 is 0 Å². The summed E-state index contributed by atoms with van der Waals surface area (Å²) in [6, 6.07) is 12.1. The predicted molar refractivity (Wildman–Crippen MR) is 74.9 cm³/mol. The summed E-state index contributed by atoms with van der Waals surface area (Å²) in [7, 11) is 0. The van der Waals surface area contributed by atoms with Crippen LogP contribution in [0.4, 0.5) is 18.9 Å². The molecule has 1 unspecified atom stereocenters. The number of rotatable bonds is 3. The second-order valence-corrected chi connectivity index (χ2v) is 4.94. The van der Waals surface area contributed by atoms with Crippen molar-refractivity contribution < 1.29 is 13.2 Å². The molecule has 0 radical (unpaired) electrons. The standard InChI is InChI=1S/C15H13ClF3N/c1-10(20-14-7-3-6-13(16)9-14)11-4-2-5-12(8-11)15(17,18)19/h2-10,20H,1H3. The van der Waals surface area contributed by atoms with Crippen molar-refractivity contribution >= 4 is 17.3 Å². The summed E-state index contributed by atoms with van der Waals surface area (Å²) in [6.45, 7) is 1.80. The van der Waals surface area contributed by atoms with Crippen molar-refractivity contribution in [1.82, 2.24) is 0 Å². The Morgan fingerprint density at radius 2 is 1.75 bits per heavy atom. The Bertz CT molecular complexity index is 596. The fourth-order valence-electron chi connectivity index (χ4n) is 1.90. The molecule has 1 N–H and O–H groups in total. The maximum atomic E-state index is 12.7. The zero-order valence-corrected chi connectivity index (χ0v) is 11.5. The van der Waals surface area contributed by atoms with Gasteiger partial charge < -0.3 is 5.32 Å². The highest BCUT2D eigenvalue weighted by Gasteiger charge is 2.30. The third kappa shape index (κ3) is 3.67. The molecule has 0 aliphatic carbocycles. The summed E-state index contributed by atoms with van der Waals surface area (Å²) in [6.07, 6.45) is -4.33.